The minimum absolute atomic E-state index is 0.793. The Morgan fingerprint density at radius 1 is 1.09 bits per heavy atom. The van der Waals surface area contributed by atoms with E-state index < -0.39 is 0 Å². The van der Waals surface area contributed by atoms with Gasteiger partial charge in [-0.3, -0.25) is 4.90 Å². The van der Waals surface area contributed by atoms with Crippen molar-refractivity contribution in [3.63, 3.8) is 0 Å². The summed E-state index contributed by atoms with van der Waals surface area (Å²) in [5.41, 5.74) is 0. The number of thiol groups is 2. The van der Waals surface area contributed by atoms with Crippen LogP contribution in [0.3, 0.4) is 0 Å². The highest BCUT2D eigenvalue weighted by Gasteiger charge is 2.00. The highest BCUT2D eigenvalue weighted by molar-refractivity contribution is 7.80. The molecule has 0 bridgehead atoms. The molecule has 0 N–H and O–H groups in total. The fourth-order valence-corrected chi connectivity index (χ4v) is 1.40. The summed E-state index contributed by atoms with van der Waals surface area (Å²) in [6.45, 7) is 3.82. The molecule has 0 amide bonds. The van der Waals surface area contributed by atoms with Gasteiger partial charge in [-0.1, -0.05) is 0 Å². The van der Waals surface area contributed by atoms with Crippen LogP contribution in [0.15, 0.2) is 0 Å². The Bertz CT molecular complexity index is 76.8. The van der Waals surface area contributed by atoms with E-state index in [2.05, 4.69) is 30.2 Å². The van der Waals surface area contributed by atoms with Gasteiger partial charge in [-0.15, -0.1) is 0 Å². The van der Waals surface area contributed by atoms with E-state index in [0.717, 1.165) is 37.7 Å². The van der Waals surface area contributed by atoms with Crippen LogP contribution in [0, 0.1) is 0 Å². The molecule has 0 atom stereocenters. The summed E-state index contributed by atoms with van der Waals surface area (Å²) in [5, 5.41) is 0. The normalized spacial score (nSPS) is 10.9. The van der Waals surface area contributed by atoms with Crippen molar-refractivity contribution in [1.82, 2.24) is 4.90 Å². The average molecular weight is 195 g/mol. The molecule has 11 heavy (non-hydrogen) atoms. The molecule has 0 fully saturated rings. The molecule has 0 aromatic rings. The number of nitrogens with zero attached hydrogens (tertiary/aromatic N) is 1. The van der Waals surface area contributed by atoms with Crippen molar-refractivity contribution < 1.29 is 4.74 Å². The van der Waals surface area contributed by atoms with Gasteiger partial charge in [-0.25, -0.2) is 0 Å². The first-order valence-electron chi connectivity index (χ1n) is 3.78. The third-order valence-electron chi connectivity index (χ3n) is 1.44. The van der Waals surface area contributed by atoms with Crippen molar-refractivity contribution >= 4 is 25.3 Å². The number of hydrogen-bond donors (Lipinski definition) is 2. The van der Waals surface area contributed by atoms with E-state index in [1.807, 2.05) is 0 Å². The first-order chi connectivity index (χ1) is 5.35. The van der Waals surface area contributed by atoms with E-state index in [0.29, 0.717) is 0 Å². The second kappa shape index (κ2) is 8.71. The van der Waals surface area contributed by atoms with Gasteiger partial charge in [0, 0.05) is 38.2 Å². The van der Waals surface area contributed by atoms with E-state index >= 15 is 0 Å². The molecule has 0 radical (unpaired) electrons. The predicted molar refractivity (Wildman–Crippen MR) is 56.0 cm³/mol. The van der Waals surface area contributed by atoms with Crippen LogP contribution >= 0.6 is 25.3 Å². The lowest BCUT2D eigenvalue weighted by Gasteiger charge is -2.19. The maximum absolute atomic E-state index is 4.97. The standard InChI is InChI=1S/C7H17NOS2/c1-9-5-2-8(3-6-10)4-7-11/h10-11H,2-7H2,1H3. The fourth-order valence-electron chi connectivity index (χ4n) is 0.839. The molecule has 0 spiro atoms. The van der Waals surface area contributed by atoms with E-state index in [1.165, 1.54) is 0 Å². The summed E-state index contributed by atoms with van der Waals surface area (Å²) in [6.07, 6.45) is 0. The minimum Gasteiger partial charge on any atom is -0.383 e. The van der Waals surface area contributed by atoms with Crippen LogP contribution < -0.4 is 0 Å². The van der Waals surface area contributed by atoms with Crippen molar-refractivity contribution in [2.24, 2.45) is 0 Å². The Hall–Kier alpha value is 0.620. The van der Waals surface area contributed by atoms with Crippen molar-refractivity contribution in [3.05, 3.63) is 0 Å². The Labute approximate surface area is 80.1 Å². The molecular weight excluding hydrogens is 178 g/mol. The molecule has 0 aliphatic carbocycles. The summed E-state index contributed by atoms with van der Waals surface area (Å²) >= 11 is 8.33. The van der Waals surface area contributed by atoms with Crippen LogP contribution in [0.25, 0.3) is 0 Å². The molecule has 0 saturated heterocycles. The second-order valence-corrected chi connectivity index (χ2v) is 3.18. The molecule has 4 heteroatoms. The van der Waals surface area contributed by atoms with E-state index in [-0.39, 0.29) is 0 Å². The van der Waals surface area contributed by atoms with Crippen LogP contribution in [0.5, 0.6) is 0 Å². The van der Waals surface area contributed by atoms with E-state index in [1.54, 1.807) is 7.11 Å². The van der Waals surface area contributed by atoms with Crippen LogP contribution in [0.4, 0.5) is 0 Å². The summed E-state index contributed by atoms with van der Waals surface area (Å²) in [4.78, 5) is 2.30. The zero-order valence-corrected chi connectivity index (χ0v) is 8.78. The molecule has 2 nitrogen and oxygen atoms in total. The molecule has 0 aliphatic rings. The second-order valence-electron chi connectivity index (χ2n) is 2.28. The lowest BCUT2D eigenvalue weighted by atomic mass is 10.5. The van der Waals surface area contributed by atoms with E-state index in [9.17, 15) is 0 Å². The van der Waals surface area contributed by atoms with Crippen molar-refractivity contribution in [2.45, 2.75) is 0 Å². The Kier molecular flexibility index (Phi) is 9.21. The van der Waals surface area contributed by atoms with Gasteiger partial charge in [0.05, 0.1) is 6.61 Å². The smallest absolute Gasteiger partial charge is 0.0589 e. The van der Waals surface area contributed by atoms with Crippen LogP contribution in [0.2, 0.25) is 0 Å². The van der Waals surface area contributed by atoms with Gasteiger partial charge in [-0.2, -0.15) is 25.3 Å². The largest absolute Gasteiger partial charge is 0.383 e. The van der Waals surface area contributed by atoms with Gasteiger partial charge in [0.15, 0.2) is 0 Å². The summed E-state index contributed by atoms with van der Waals surface area (Å²) in [6, 6.07) is 0. The average Bonchev–Trinajstić information content (AvgIpc) is 2.01. The Balaban J connectivity index is 3.34. The first kappa shape index (κ1) is 11.6. The highest BCUT2D eigenvalue weighted by atomic mass is 32.1. The van der Waals surface area contributed by atoms with Gasteiger partial charge in [0.25, 0.3) is 0 Å². The molecule has 0 aliphatic heterocycles. The number of ether oxygens (including phenoxy) is 1. The Morgan fingerprint density at radius 3 is 2.00 bits per heavy atom. The van der Waals surface area contributed by atoms with Gasteiger partial charge in [0.2, 0.25) is 0 Å². The summed E-state index contributed by atoms with van der Waals surface area (Å²) in [7, 11) is 1.72. The first-order valence-corrected chi connectivity index (χ1v) is 5.04. The zero-order chi connectivity index (χ0) is 8.53. The lowest BCUT2D eigenvalue weighted by molar-refractivity contribution is 0.155. The third kappa shape index (κ3) is 7.00. The summed E-state index contributed by atoms with van der Waals surface area (Å²) in [5.74, 6) is 1.80. The van der Waals surface area contributed by atoms with Crippen LogP contribution in [0.1, 0.15) is 0 Å². The molecule has 0 saturated carbocycles. The molecule has 0 rings (SSSR count). The number of hydrogen-bond acceptors (Lipinski definition) is 4. The topological polar surface area (TPSA) is 12.5 Å². The van der Waals surface area contributed by atoms with Gasteiger partial charge < -0.3 is 4.74 Å². The maximum atomic E-state index is 4.97. The number of rotatable bonds is 7. The lowest BCUT2D eigenvalue weighted by Crippen LogP contribution is -2.31. The quantitative estimate of drug-likeness (QED) is 0.583. The van der Waals surface area contributed by atoms with Gasteiger partial charge >= 0.3 is 0 Å². The molecule has 68 valence electrons. The minimum atomic E-state index is 0.793. The predicted octanol–water partition coefficient (Wildman–Crippen LogP) is 0.794. The molecule has 0 aromatic heterocycles. The molecule has 0 aromatic carbocycles. The van der Waals surface area contributed by atoms with Crippen molar-refractivity contribution in [3.8, 4) is 0 Å². The highest BCUT2D eigenvalue weighted by Crippen LogP contribution is 1.90. The molecule has 0 heterocycles. The van der Waals surface area contributed by atoms with Crippen molar-refractivity contribution in [2.75, 3.05) is 44.9 Å². The summed E-state index contributed by atoms with van der Waals surface area (Å²) < 4.78 is 4.97. The van der Waals surface area contributed by atoms with E-state index in [4.69, 9.17) is 4.74 Å². The Morgan fingerprint density at radius 2 is 1.64 bits per heavy atom. The number of methoxy groups -OCH3 is 1. The third-order valence-corrected chi connectivity index (χ3v) is 1.84. The van der Waals surface area contributed by atoms with Gasteiger partial charge in [-0.05, 0) is 0 Å². The van der Waals surface area contributed by atoms with Crippen LogP contribution in [-0.2, 0) is 4.74 Å². The van der Waals surface area contributed by atoms with Crippen LogP contribution in [-0.4, -0.2) is 49.8 Å². The maximum Gasteiger partial charge on any atom is 0.0589 e. The zero-order valence-electron chi connectivity index (χ0n) is 6.99. The fraction of sp³-hybridized carbons (Fsp3) is 1.00. The molecule has 0 unspecified atom stereocenters. The van der Waals surface area contributed by atoms with Gasteiger partial charge in [0.1, 0.15) is 0 Å². The monoisotopic (exact) mass is 195 g/mol. The SMILES string of the molecule is COCCN(CCS)CCS. The molecular formula is C7H17NOS2. The van der Waals surface area contributed by atoms with Crippen molar-refractivity contribution in [1.29, 1.82) is 0 Å².